The number of hydrogen-bond donors (Lipinski definition) is 1. The van der Waals surface area contributed by atoms with Gasteiger partial charge in [0.1, 0.15) is 11.5 Å². The van der Waals surface area contributed by atoms with Crippen LogP contribution in [0.15, 0.2) is 42.5 Å². The zero-order valence-corrected chi connectivity index (χ0v) is 18.9. The number of carbonyl (C=O) groups excluding carboxylic acids is 2. The summed E-state index contributed by atoms with van der Waals surface area (Å²) in [7, 11) is 4.56. The Hall–Kier alpha value is -2.86. The molecule has 0 radical (unpaired) electrons. The second kappa shape index (κ2) is 12.7. The van der Waals surface area contributed by atoms with Gasteiger partial charge in [0.05, 0.1) is 27.4 Å². The van der Waals surface area contributed by atoms with Crippen molar-refractivity contribution >= 4 is 11.8 Å². The molecule has 0 amide bonds. The van der Waals surface area contributed by atoms with Gasteiger partial charge in [-0.15, -0.1) is 0 Å². The Morgan fingerprint density at radius 1 is 0.968 bits per heavy atom. The van der Waals surface area contributed by atoms with Crippen molar-refractivity contribution in [3.63, 3.8) is 0 Å². The van der Waals surface area contributed by atoms with E-state index in [0.717, 1.165) is 18.4 Å². The van der Waals surface area contributed by atoms with E-state index < -0.39 is 0 Å². The van der Waals surface area contributed by atoms with Crippen LogP contribution in [0.25, 0.3) is 0 Å². The van der Waals surface area contributed by atoms with Crippen molar-refractivity contribution in [1.29, 1.82) is 0 Å². The van der Waals surface area contributed by atoms with Gasteiger partial charge in [-0.1, -0.05) is 30.3 Å². The third-order valence-corrected chi connectivity index (χ3v) is 5.34. The average Bonchev–Trinajstić information content (AvgIpc) is 2.80. The van der Waals surface area contributed by atoms with E-state index in [1.807, 2.05) is 25.1 Å². The monoisotopic (exact) mass is 427 g/mol. The second-order valence-corrected chi connectivity index (χ2v) is 7.43. The summed E-state index contributed by atoms with van der Waals surface area (Å²) in [5, 5.41) is 3.39. The van der Waals surface area contributed by atoms with E-state index in [1.54, 1.807) is 26.4 Å². The first-order chi connectivity index (χ1) is 15.0. The minimum absolute atomic E-state index is 0.000462. The maximum atomic E-state index is 13.4. The first-order valence-corrected chi connectivity index (χ1v) is 10.6. The molecule has 168 valence electrons. The number of Topliss-reactive ketones (excluding diaryl/α,β-unsaturated/α-hetero) is 1. The molecule has 0 saturated carbocycles. The van der Waals surface area contributed by atoms with Crippen molar-refractivity contribution < 1.29 is 23.8 Å². The van der Waals surface area contributed by atoms with E-state index in [-0.39, 0.29) is 17.8 Å². The zero-order chi connectivity index (χ0) is 22.6. The summed E-state index contributed by atoms with van der Waals surface area (Å²) < 4.78 is 15.6. The lowest BCUT2D eigenvalue weighted by molar-refractivity contribution is -0.140. The van der Waals surface area contributed by atoms with Crippen LogP contribution in [0.3, 0.4) is 0 Å². The molecule has 2 rings (SSSR count). The number of esters is 1. The maximum absolute atomic E-state index is 13.4. The highest BCUT2D eigenvalue weighted by Crippen LogP contribution is 2.30. The molecule has 6 heteroatoms. The van der Waals surface area contributed by atoms with E-state index in [9.17, 15) is 9.59 Å². The Labute approximate surface area is 184 Å². The summed E-state index contributed by atoms with van der Waals surface area (Å²) in [4.78, 5) is 24.7. The van der Waals surface area contributed by atoms with Gasteiger partial charge in [-0.2, -0.15) is 0 Å². The number of rotatable bonds is 13. The zero-order valence-electron chi connectivity index (χ0n) is 18.9. The molecule has 0 spiro atoms. The molecule has 0 heterocycles. The van der Waals surface area contributed by atoms with E-state index in [0.29, 0.717) is 42.9 Å². The first-order valence-electron chi connectivity index (χ1n) is 10.6. The van der Waals surface area contributed by atoms with Crippen molar-refractivity contribution in [3.05, 3.63) is 59.2 Å². The highest BCUT2D eigenvalue weighted by atomic mass is 16.5. The highest BCUT2D eigenvalue weighted by Gasteiger charge is 2.22. The summed E-state index contributed by atoms with van der Waals surface area (Å²) in [5.41, 5.74) is 2.60. The SMILES string of the molecule is COC(=O)CCCCNC(CCc1ccccc1)C(=O)c1cc(OC)c(C)c(OC)c1. The standard InChI is InChI=1S/C25H33NO5/c1-18-22(29-2)16-20(17-23(18)30-3)25(28)21(14-13-19-10-6-5-7-11-19)26-15-9-8-12-24(27)31-4/h5-7,10-11,16-17,21,26H,8-9,12-15H2,1-4H3. The number of carbonyl (C=O) groups is 2. The molecule has 1 atom stereocenters. The van der Waals surface area contributed by atoms with Crippen LogP contribution in [0.5, 0.6) is 11.5 Å². The predicted octanol–water partition coefficient (Wildman–Crippen LogP) is 4.13. The van der Waals surface area contributed by atoms with Crippen molar-refractivity contribution in [1.82, 2.24) is 5.32 Å². The fourth-order valence-corrected chi connectivity index (χ4v) is 3.48. The quantitative estimate of drug-likeness (QED) is 0.294. The lowest BCUT2D eigenvalue weighted by Gasteiger charge is -2.19. The topological polar surface area (TPSA) is 73.9 Å². The van der Waals surface area contributed by atoms with Gasteiger partial charge >= 0.3 is 5.97 Å². The number of aryl methyl sites for hydroxylation is 1. The van der Waals surface area contributed by atoms with Crippen LogP contribution >= 0.6 is 0 Å². The molecule has 1 N–H and O–H groups in total. The summed E-state index contributed by atoms with van der Waals surface area (Å²) >= 11 is 0. The molecule has 0 aromatic heterocycles. The molecule has 0 fully saturated rings. The summed E-state index contributed by atoms with van der Waals surface area (Å²) in [6.45, 7) is 2.54. The number of benzene rings is 2. The van der Waals surface area contributed by atoms with Gasteiger partial charge in [-0.25, -0.2) is 0 Å². The summed E-state index contributed by atoms with van der Waals surface area (Å²) in [5.74, 6) is 1.04. The molecule has 0 bridgehead atoms. The predicted molar refractivity (Wildman–Crippen MR) is 121 cm³/mol. The summed E-state index contributed by atoms with van der Waals surface area (Å²) in [6.07, 6.45) is 3.33. The fourth-order valence-electron chi connectivity index (χ4n) is 3.48. The molecule has 0 aliphatic carbocycles. The van der Waals surface area contributed by atoms with Gasteiger partial charge in [0, 0.05) is 17.5 Å². The van der Waals surface area contributed by atoms with Crippen LogP contribution in [-0.2, 0) is 16.0 Å². The normalized spacial score (nSPS) is 11.6. The number of methoxy groups -OCH3 is 3. The van der Waals surface area contributed by atoms with Crippen molar-refractivity contribution in [3.8, 4) is 11.5 Å². The Balaban J connectivity index is 2.12. The van der Waals surface area contributed by atoms with Gasteiger partial charge < -0.3 is 19.5 Å². The maximum Gasteiger partial charge on any atom is 0.305 e. The van der Waals surface area contributed by atoms with Gasteiger partial charge in [0.15, 0.2) is 5.78 Å². The van der Waals surface area contributed by atoms with Crippen molar-refractivity contribution in [2.24, 2.45) is 0 Å². The fraction of sp³-hybridized carbons (Fsp3) is 0.440. The molecule has 2 aromatic rings. The minimum atomic E-state index is -0.351. The van der Waals surface area contributed by atoms with E-state index >= 15 is 0 Å². The van der Waals surface area contributed by atoms with Crippen LogP contribution in [0.1, 0.15) is 47.2 Å². The number of unbranched alkanes of at least 4 members (excludes halogenated alkanes) is 1. The van der Waals surface area contributed by atoms with Gasteiger partial charge in [0.2, 0.25) is 0 Å². The van der Waals surface area contributed by atoms with Crippen LogP contribution in [0, 0.1) is 6.92 Å². The molecule has 0 saturated heterocycles. The van der Waals surface area contributed by atoms with Crippen LogP contribution < -0.4 is 14.8 Å². The molecule has 1 unspecified atom stereocenters. The van der Waals surface area contributed by atoms with Crippen LogP contribution in [-0.4, -0.2) is 45.7 Å². The third-order valence-electron chi connectivity index (χ3n) is 5.34. The lowest BCUT2D eigenvalue weighted by Crippen LogP contribution is -2.38. The Morgan fingerprint density at radius 2 is 1.61 bits per heavy atom. The Morgan fingerprint density at radius 3 is 2.19 bits per heavy atom. The summed E-state index contributed by atoms with van der Waals surface area (Å²) in [6, 6.07) is 13.3. The van der Waals surface area contributed by atoms with Gasteiger partial charge in [0.25, 0.3) is 0 Å². The number of ether oxygens (including phenoxy) is 3. The van der Waals surface area contributed by atoms with E-state index in [1.165, 1.54) is 12.7 Å². The third kappa shape index (κ3) is 7.40. The lowest BCUT2D eigenvalue weighted by atomic mass is 9.96. The Kier molecular flexibility index (Phi) is 10.0. The first kappa shape index (κ1) is 24.4. The van der Waals surface area contributed by atoms with Crippen LogP contribution in [0.4, 0.5) is 0 Å². The molecule has 6 nitrogen and oxygen atoms in total. The van der Waals surface area contributed by atoms with Crippen LogP contribution in [0.2, 0.25) is 0 Å². The van der Waals surface area contributed by atoms with Crippen molar-refractivity contribution in [2.45, 2.75) is 45.1 Å². The number of ketones is 1. The molecular weight excluding hydrogens is 394 g/mol. The number of nitrogens with one attached hydrogen (secondary N) is 1. The molecule has 31 heavy (non-hydrogen) atoms. The van der Waals surface area contributed by atoms with E-state index in [4.69, 9.17) is 9.47 Å². The second-order valence-electron chi connectivity index (χ2n) is 7.43. The Bertz CT molecular complexity index is 825. The molecular formula is C25H33NO5. The van der Waals surface area contributed by atoms with Gasteiger partial charge in [-0.3, -0.25) is 9.59 Å². The highest BCUT2D eigenvalue weighted by molar-refractivity contribution is 6.01. The molecule has 2 aromatic carbocycles. The average molecular weight is 428 g/mol. The molecule has 0 aliphatic rings. The van der Waals surface area contributed by atoms with E-state index in [2.05, 4.69) is 22.2 Å². The smallest absolute Gasteiger partial charge is 0.305 e. The molecule has 0 aliphatic heterocycles. The minimum Gasteiger partial charge on any atom is -0.496 e. The van der Waals surface area contributed by atoms with Gasteiger partial charge in [-0.05, 0) is 56.8 Å². The van der Waals surface area contributed by atoms with Crippen molar-refractivity contribution in [2.75, 3.05) is 27.9 Å². The number of hydrogen-bond acceptors (Lipinski definition) is 6. The largest absolute Gasteiger partial charge is 0.496 e.